The molecule has 0 bridgehead atoms. The fourth-order valence-corrected chi connectivity index (χ4v) is 2.21. The van der Waals surface area contributed by atoms with Gasteiger partial charge in [-0.15, -0.1) is 0 Å². The van der Waals surface area contributed by atoms with E-state index in [4.69, 9.17) is 5.73 Å². The van der Waals surface area contributed by atoms with Crippen LogP contribution >= 0.6 is 0 Å². The van der Waals surface area contributed by atoms with E-state index in [1.54, 1.807) is 0 Å². The van der Waals surface area contributed by atoms with Crippen LogP contribution in [0, 0.1) is 5.82 Å². The highest BCUT2D eigenvalue weighted by molar-refractivity contribution is 5.28. The van der Waals surface area contributed by atoms with Crippen LogP contribution in [0.1, 0.15) is 16.7 Å². The summed E-state index contributed by atoms with van der Waals surface area (Å²) in [5.74, 6) is -1.26. The minimum absolute atomic E-state index is 0.262. The van der Waals surface area contributed by atoms with Gasteiger partial charge in [-0.25, -0.2) is 4.39 Å². The maximum atomic E-state index is 13.2. The highest BCUT2D eigenvalue weighted by Gasteiger charge is 2.34. The summed E-state index contributed by atoms with van der Waals surface area (Å²) < 4.78 is 51.1. The van der Waals surface area contributed by atoms with E-state index in [-0.39, 0.29) is 12.5 Å². The van der Waals surface area contributed by atoms with E-state index in [0.29, 0.717) is 12.0 Å². The second-order valence-electron chi connectivity index (χ2n) is 4.97. The third-order valence-electron chi connectivity index (χ3n) is 3.17. The minimum Gasteiger partial charge on any atom is -0.327 e. The van der Waals surface area contributed by atoms with E-state index in [9.17, 15) is 17.6 Å². The van der Waals surface area contributed by atoms with Gasteiger partial charge >= 0.3 is 6.18 Å². The van der Waals surface area contributed by atoms with Crippen LogP contribution in [0.3, 0.4) is 0 Å². The predicted molar refractivity (Wildman–Crippen MR) is 73.2 cm³/mol. The van der Waals surface area contributed by atoms with Crippen molar-refractivity contribution in [3.05, 3.63) is 71.0 Å². The molecule has 0 spiro atoms. The summed E-state index contributed by atoms with van der Waals surface area (Å²) in [6.45, 7) is 0. The molecule has 0 aliphatic heterocycles. The SMILES string of the molecule is NC(Cc1ccccc1)Cc1ccc(F)c(C(F)(F)F)c1. The number of rotatable bonds is 4. The van der Waals surface area contributed by atoms with E-state index in [0.717, 1.165) is 17.7 Å². The molecule has 2 aromatic rings. The van der Waals surface area contributed by atoms with Crippen molar-refractivity contribution in [2.24, 2.45) is 5.73 Å². The number of halogens is 4. The second-order valence-corrected chi connectivity index (χ2v) is 4.97. The van der Waals surface area contributed by atoms with Crippen molar-refractivity contribution in [1.82, 2.24) is 0 Å². The van der Waals surface area contributed by atoms with Crippen molar-refractivity contribution in [1.29, 1.82) is 0 Å². The quantitative estimate of drug-likeness (QED) is 0.849. The summed E-state index contributed by atoms with van der Waals surface area (Å²) in [6.07, 6.45) is -3.87. The van der Waals surface area contributed by atoms with Gasteiger partial charge in [-0.3, -0.25) is 0 Å². The molecule has 0 fully saturated rings. The molecule has 0 heterocycles. The zero-order chi connectivity index (χ0) is 15.5. The maximum absolute atomic E-state index is 13.2. The summed E-state index contributed by atoms with van der Waals surface area (Å²) >= 11 is 0. The average molecular weight is 297 g/mol. The van der Waals surface area contributed by atoms with Crippen LogP contribution in [-0.4, -0.2) is 6.04 Å². The van der Waals surface area contributed by atoms with Crippen molar-refractivity contribution in [3.8, 4) is 0 Å². The standard InChI is InChI=1S/C16H15F4N/c17-15-7-6-12(10-14(15)16(18,19)20)9-13(21)8-11-4-2-1-3-5-11/h1-7,10,13H,8-9,21H2. The molecule has 0 aromatic heterocycles. The first-order chi connectivity index (χ1) is 9.86. The van der Waals surface area contributed by atoms with Crippen LogP contribution in [-0.2, 0) is 19.0 Å². The van der Waals surface area contributed by atoms with Crippen LogP contribution in [0.5, 0.6) is 0 Å². The first-order valence-electron chi connectivity index (χ1n) is 6.51. The predicted octanol–water partition coefficient (Wildman–Crippen LogP) is 3.96. The lowest BCUT2D eigenvalue weighted by Crippen LogP contribution is -2.25. The number of hydrogen-bond acceptors (Lipinski definition) is 1. The van der Waals surface area contributed by atoms with Crippen molar-refractivity contribution in [2.45, 2.75) is 25.1 Å². The Bertz CT molecular complexity index is 593. The Morgan fingerprint density at radius 3 is 2.14 bits per heavy atom. The Labute approximate surface area is 120 Å². The topological polar surface area (TPSA) is 26.0 Å². The van der Waals surface area contributed by atoms with Gasteiger partial charge in [0.25, 0.3) is 0 Å². The Morgan fingerprint density at radius 2 is 1.52 bits per heavy atom. The summed E-state index contributed by atoms with van der Waals surface area (Å²) in [6, 6.07) is 12.1. The summed E-state index contributed by atoms with van der Waals surface area (Å²) in [7, 11) is 0. The fourth-order valence-electron chi connectivity index (χ4n) is 2.21. The molecule has 0 aliphatic carbocycles. The van der Waals surface area contributed by atoms with Crippen LogP contribution in [0.15, 0.2) is 48.5 Å². The van der Waals surface area contributed by atoms with E-state index in [2.05, 4.69) is 0 Å². The molecule has 1 unspecified atom stereocenters. The van der Waals surface area contributed by atoms with Gasteiger partial charge in [0.15, 0.2) is 0 Å². The molecule has 5 heteroatoms. The molecular weight excluding hydrogens is 282 g/mol. The fraction of sp³-hybridized carbons (Fsp3) is 0.250. The Morgan fingerprint density at radius 1 is 0.905 bits per heavy atom. The Kier molecular flexibility index (Phi) is 4.63. The Balaban J connectivity index is 2.09. The molecule has 2 N–H and O–H groups in total. The van der Waals surface area contributed by atoms with Crippen molar-refractivity contribution < 1.29 is 17.6 Å². The normalized spacial score (nSPS) is 13.2. The van der Waals surface area contributed by atoms with Crippen molar-refractivity contribution in [3.63, 3.8) is 0 Å². The monoisotopic (exact) mass is 297 g/mol. The van der Waals surface area contributed by atoms with Gasteiger partial charge < -0.3 is 5.73 Å². The average Bonchev–Trinajstić information content (AvgIpc) is 2.41. The molecular formula is C16H15F4N. The molecule has 0 saturated carbocycles. The molecule has 0 aliphatic rings. The molecule has 0 radical (unpaired) electrons. The van der Waals surface area contributed by atoms with Gasteiger partial charge in [-0.05, 0) is 36.1 Å². The van der Waals surface area contributed by atoms with Crippen LogP contribution in [0.25, 0.3) is 0 Å². The lowest BCUT2D eigenvalue weighted by Gasteiger charge is -2.14. The molecule has 1 atom stereocenters. The van der Waals surface area contributed by atoms with Gasteiger partial charge in [0.05, 0.1) is 5.56 Å². The van der Waals surface area contributed by atoms with Crippen LogP contribution in [0.2, 0.25) is 0 Å². The van der Waals surface area contributed by atoms with Gasteiger partial charge in [0, 0.05) is 6.04 Å². The lowest BCUT2D eigenvalue weighted by molar-refractivity contribution is -0.140. The second kappa shape index (κ2) is 6.26. The third-order valence-corrected chi connectivity index (χ3v) is 3.17. The number of nitrogens with two attached hydrogens (primary N) is 1. The molecule has 0 saturated heterocycles. The van der Waals surface area contributed by atoms with E-state index in [1.807, 2.05) is 30.3 Å². The lowest BCUT2D eigenvalue weighted by atomic mass is 9.98. The maximum Gasteiger partial charge on any atom is 0.419 e. The summed E-state index contributed by atoms with van der Waals surface area (Å²) in [5, 5.41) is 0. The van der Waals surface area contributed by atoms with Crippen LogP contribution < -0.4 is 5.73 Å². The Hall–Kier alpha value is -1.88. The third kappa shape index (κ3) is 4.29. The smallest absolute Gasteiger partial charge is 0.327 e. The van der Waals surface area contributed by atoms with Gasteiger partial charge in [-0.1, -0.05) is 36.4 Å². The van der Waals surface area contributed by atoms with Gasteiger partial charge in [0.1, 0.15) is 5.82 Å². The number of hydrogen-bond donors (Lipinski definition) is 1. The molecule has 1 nitrogen and oxygen atoms in total. The van der Waals surface area contributed by atoms with Gasteiger partial charge in [0.2, 0.25) is 0 Å². The van der Waals surface area contributed by atoms with Crippen molar-refractivity contribution in [2.75, 3.05) is 0 Å². The molecule has 2 aromatic carbocycles. The summed E-state index contributed by atoms with van der Waals surface area (Å²) in [4.78, 5) is 0. The van der Waals surface area contributed by atoms with E-state index in [1.165, 1.54) is 6.07 Å². The molecule has 21 heavy (non-hydrogen) atoms. The molecule has 112 valence electrons. The minimum atomic E-state index is -4.69. The van der Waals surface area contributed by atoms with Crippen molar-refractivity contribution >= 4 is 0 Å². The largest absolute Gasteiger partial charge is 0.419 e. The molecule has 0 amide bonds. The zero-order valence-corrected chi connectivity index (χ0v) is 11.2. The van der Waals surface area contributed by atoms with E-state index < -0.39 is 17.6 Å². The summed E-state index contributed by atoms with van der Waals surface area (Å²) in [5.41, 5.74) is 6.11. The highest BCUT2D eigenvalue weighted by atomic mass is 19.4. The van der Waals surface area contributed by atoms with E-state index >= 15 is 0 Å². The number of alkyl halides is 3. The first-order valence-corrected chi connectivity index (χ1v) is 6.51. The number of benzene rings is 2. The van der Waals surface area contributed by atoms with Gasteiger partial charge in [-0.2, -0.15) is 13.2 Å². The van der Waals surface area contributed by atoms with Crippen LogP contribution in [0.4, 0.5) is 17.6 Å². The first kappa shape index (κ1) is 15.5. The zero-order valence-electron chi connectivity index (χ0n) is 11.2. The highest BCUT2D eigenvalue weighted by Crippen LogP contribution is 2.32. The molecule has 2 rings (SSSR count).